The molecule has 2 aromatic carbocycles. The van der Waals surface area contributed by atoms with Gasteiger partial charge < -0.3 is 10.4 Å². The lowest BCUT2D eigenvalue weighted by Crippen LogP contribution is -2.24. The van der Waals surface area contributed by atoms with Crippen LogP contribution in [0.4, 0.5) is 5.69 Å². The average molecular weight is 383 g/mol. The van der Waals surface area contributed by atoms with Gasteiger partial charge in [-0.3, -0.25) is 4.79 Å². The first-order valence-electron chi connectivity index (χ1n) is 8.48. The molecule has 27 heavy (non-hydrogen) atoms. The number of hydrogen-bond acceptors (Lipinski definition) is 6. The Balaban J connectivity index is 1.75. The van der Waals surface area contributed by atoms with E-state index in [1.165, 1.54) is 22.0 Å². The molecule has 0 radical (unpaired) electrons. The van der Waals surface area contributed by atoms with Gasteiger partial charge in [0.2, 0.25) is 11.1 Å². The number of phenolic OH excluding ortho intramolecular Hbond substituents is 1. The van der Waals surface area contributed by atoms with E-state index in [0.29, 0.717) is 10.8 Å². The lowest BCUT2D eigenvalue weighted by Gasteiger charge is -2.16. The van der Waals surface area contributed by atoms with Gasteiger partial charge in [-0.2, -0.15) is 4.68 Å². The molecular weight excluding hydrogens is 362 g/mol. The number of nitrogens with zero attached hydrogens (tertiary/aromatic N) is 4. The molecule has 0 bridgehead atoms. The minimum atomic E-state index is -0.396. The highest BCUT2D eigenvalue weighted by molar-refractivity contribution is 8.00. The summed E-state index contributed by atoms with van der Waals surface area (Å²) in [6, 6.07) is 10.6. The third kappa shape index (κ3) is 4.28. The molecule has 0 aliphatic heterocycles. The highest BCUT2D eigenvalue weighted by Gasteiger charge is 2.20. The van der Waals surface area contributed by atoms with Gasteiger partial charge in [0.05, 0.1) is 10.9 Å². The molecule has 0 aliphatic carbocycles. The number of hydrogen-bond donors (Lipinski definition) is 2. The number of carbonyl (C=O) groups excluding carboxylic acids is 1. The molecule has 0 fully saturated rings. The van der Waals surface area contributed by atoms with Crippen LogP contribution in [0.25, 0.3) is 5.69 Å². The van der Waals surface area contributed by atoms with Crippen molar-refractivity contribution in [3.8, 4) is 11.4 Å². The summed E-state index contributed by atoms with van der Waals surface area (Å²) in [5.74, 6) is 0.0490. The summed E-state index contributed by atoms with van der Waals surface area (Å²) in [6.45, 7) is 7.82. The van der Waals surface area contributed by atoms with Crippen LogP contribution in [0.2, 0.25) is 0 Å². The van der Waals surface area contributed by atoms with Crippen molar-refractivity contribution < 1.29 is 9.90 Å². The number of phenols is 1. The normalized spacial score (nSPS) is 12.0. The van der Waals surface area contributed by atoms with Crippen LogP contribution < -0.4 is 5.32 Å². The van der Waals surface area contributed by atoms with Crippen molar-refractivity contribution in [3.05, 3.63) is 53.1 Å². The maximum atomic E-state index is 12.7. The van der Waals surface area contributed by atoms with Crippen LogP contribution in [0.5, 0.6) is 5.75 Å². The highest BCUT2D eigenvalue weighted by Crippen LogP contribution is 2.27. The monoisotopic (exact) mass is 383 g/mol. The van der Waals surface area contributed by atoms with Crippen molar-refractivity contribution >= 4 is 23.4 Å². The summed E-state index contributed by atoms with van der Waals surface area (Å²) in [5.41, 5.74) is 4.78. The van der Waals surface area contributed by atoms with E-state index in [0.717, 1.165) is 16.8 Å². The first kappa shape index (κ1) is 18.9. The molecule has 0 spiro atoms. The SMILES string of the molecule is Cc1cc(C)c(NC(=O)[C@H](C)Sc2nnnn2-c2ccc(O)cc2)c(C)c1. The minimum Gasteiger partial charge on any atom is -0.508 e. The topological polar surface area (TPSA) is 92.9 Å². The van der Waals surface area contributed by atoms with E-state index in [1.807, 2.05) is 39.8 Å². The number of anilines is 1. The van der Waals surface area contributed by atoms with Crippen LogP contribution in [0.3, 0.4) is 0 Å². The number of tetrazole rings is 1. The lowest BCUT2D eigenvalue weighted by molar-refractivity contribution is -0.115. The Morgan fingerprint density at radius 3 is 2.41 bits per heavy atom. The molecule has 2 N–H and O–H groups in total. The Hall–Kier alpha value is -2.87. The molecule has 8 heteroatoms. The standard InChI is InChI=1S/C19H21N5O2S/c1-11-9-12(2)17(13(3)10-11)20-18(26)14(4)27-19-21-22-23-24(19)15-5-7-16(25)8-6-15/h5-10,14,25H,1-4H3,(H,20,26)/t14-/m0/s1. The van der Waals surface area contributed by atoms with Gasteiger partial charge >= 0.3 is 0 Å². The van der Waals surface area contributed by atoms with E-state index in [-0.39, 0.29) is 11.7 Å². The fraction of sp³-hybridized carbons (Fsp3) is 0.263. The Morgan fingerprint density at radius 1 is 1.15 bits per heavy atom. The van der Waals surface area contributed by atoms with Gasteiger partial charge in [0.15, 0.2) is 0 Å². The molecule has 0 aliphatic rings. The highest BCUT2D eigenvalue weighted by atomic mass is 32.2. The van der Waals surface area contributed by atoms with E-state index in [9.17, 15) is 9.90 Å². The van der Waals surface area contributed by atoms with Gasteiger partial charge in [-0.25, -0.2) is 0 Å². The van der Waals surface area contributed by atoms with E-state index in [2.05, 4.69) is 20.8 Å². The number of benzene rings is 2. The smallest absolute Gasteiger partial charge is 0.237 e. The third-order valence-electron chi connectivity index (χ3n) is 4.11. The number of nitrogens with one attached hydrogen (secondary N) is 1. The van der Waals surface area contributed by atoms with Crippen molar-refractivity contribution in [3.63, 3.8) is 0 Å². The quantitative estimate of drug-likeness (QED) is 0.656. The number of thioether (sulfide) groups is 1. The number of rotatable bonds is 5. The zero-order chi connectivity index (χ0) is 19.6. The molecule has 3 aromatic rings. The van der Waals surface area contributed by atoms with Crippen LogP contribution in [0.1, 0.15) is 23.6 Å². The number of aryl methyl sites for hydroxylation is 3. The Kier molecular flexibility index (Phi) is 5.46. The molecule has 0 saturated carbocycles. The second-order valence-corrected chi connectivity index (χ2v) is 7.72. The van der Waals surface area contributed by atoms with Gasteiger partial charge in [0, 0.05) is 5.69 Å². The largest absolute Gasteiger partial charge is 0.508 e. The Labute approximate surface area is 161 Å². The van der Waals surface area contributed by atoms with Crippen LogP contribution in [0.15, 0.2) is 41.6 Å². The van der Waals surface area contributed by atoms with E-state index >= 15 is 0 Å². The van der Waals surface area contributed by atoms with Crippen molar-refractivity contribution in [2.24, 2.45) is 0 Å². The summed E-state index contributed by atoms with van der Waals surface area (Å²) in [6.07, 6.45) is 0. The second-order valence-electron chi connectivity index (χ2n) is 6.41. The number of carbonyl (C=O) groups is 1. The van der Waals surface area contributed by atoms with E-state index in [1.54, 1.807) is 24.3 Å². The molecule has 140 valence electrons. The summed E-state index contributed by atoms with van der Waals surface area (Å²) < 4.78 is 1.54. The number of aromatic nitrogens is 4. The first-order chi connectivity index (χ1) is 12.8. The summed E-state index contributed by atoms with van der Waals surface area (Å²) in [7, 11) is 0. The molecule has 7 nitrogen and oxygen atoms in total. The summed E-state index contributed by atoms with van der Waals surface area (Å²) >= 11 is 1.27. The van der Waals surface area contributed by atoms with Crippen molar-refractivity contribution in [2.45, 2.75) is 38.1 Å². The molecule has 1 heterocycles. The Morgan fingerprint density at radius 2 is 1.78 bits per heavy atom. The van der Waals surface area contributed by atoms with Crippen LogP contribution >= 0.6 is 11.8 Å². The van der Waals surface area contributed by atoms with Crippen LogP contribution in [-0.4, -0.2) is 36.5 Å². The van der Waals surface area contributed by atoms with Gasteiger partial charge in [0.25, 0.3) is 0 Å². The average Bonchev–Trinajstić information content (AvgIpc) is 3.06. The summed E-state index contributed by atoms with van der Waals surface area (Å²) in [4.78, 5) is 12.7. The molecule has 1 amide bonds. The van der Waals surface area contributed by atoms with Crippen LogP contribution in [-0.2, 0) is 4.79 Å². The predicted molar refractivity (Wildman–Crippen MR) is 105 cm³/mol. The van der Waals surface area contributed by atoms with Crippen molar-refractivity contribution in [1.29, 1.82) is 0 Å². The third-order valence-corrected chi connectivity index (χ3v) is 5.14. The zero-order valence-corrected chi connectivity index (χ0v) is 16.4. The van der Waals surface area contributed by atoms with Gasteiger partial charge in [-0.05, 0) is 73.5 Å². The van der Waals surface area contributed by atoms with E-state index in [4.69, 9.17) is 0 Å². The molecule has 1 atom stereocenters. The molecule has 0 saturated heterocycles. The number of amides is 1. The fourth-order valence-electron chi connectivity index (χ4n) is 2.82. The lowest BCUT2D eigenvalue weighted by atomic mass is 10.1. The first-order valence-corrected chi connectivity index (χ1v) is 9.36. The zero-order valence-electron chi connectivity index (χ0n) is 15.6. The predicted octanol–water partition coefficient (Wildman–Crippen LogP) is 3.41. The summed E-state index contributed by atoms with van der Waals surface area (Å²) in [5, 5.41) is 24.2. The fourth-order valence-corrected chi connectivity index (χ4v) is 3.63. The van der Waals surface area contributed by atoms with Gasteiger partial charge in [-0.1, -0.05) is 29.5 Å². The van der Waals surface area contributed by atoms with Gasteiger partial charge in [0.1, 0.15) is 5.75 Å². The van der Waals surface area contributed by atoms with E-state index < -0.39 is 5.25 Å². The van der Waals surface area contributed by atoms with Gasteiger partial charge in [-0.15, -0.1) is 5.10 Å². The maximum absolute atomic E-state index is 12.7. The maximum Gasteiger partial charge on any atom is 0.237 e. The molecular formula is C19H21N5O2S. The molecule has 3 rings (SSSR count). The minimum absolute atomic E-state index is 0.115. The van der Waals surface area contributed by atoms with Crippen LogP contribution in [0, 0.1) is 20.8 Å². The molecule has 1 aromatic heterocycles. The number of aromatic hydroxyl groups is 1. The molecule has 0 unspecified atom stereocenters. The second kappa shape index (κ2) is 7.79. The van der Waals surface area contributed by atoms with Crippen molar-refractivity contribution in [2.75, 3.05) is 5.32 Å². The Bertz CT molecular complexity index is 945. The van der Waals surface area contributed by atoms with Crippen molar-refractivity contribution in [1.82, 2.24) is 20.2 Å².